The Kier molecular flexibility index (Phi) is 3.67. The van der Waals surface area contributed by atoms with E-state index in [4.69, 9.17) is 14.2 Å². The van der Waals surface area contributed by atoms with Gasteiger partial charge in [-0.05, 0) is 31.7 Å². The van der Waals surface area contributed by atoms with E-state index in [0.717, 1.165) is 43.4 Å². The standard InChI is InChI=1S/C18H25NO5/c1-22-10-4-5-18-6-7-19(13(18)8-10)17(21)11-9-12(23-2)16(24-3)15(20)14(11)18/h9-10,13,17,20-21H,4-8H2,1-3H3/t10-,13-,17?,18+/m0/s1. The molecule has 6 nitrogen and oxygen atoms in total. The number of hydrogen-bond donors (Lipinski definition) is 2. The van der Waals surface area contributed by atoms with Crippen molar-refractivity contribution in [3.63, 3.8) is 0 Å². The largest absolute Gasteiger partial charge is 0.504 e. The van der Waals surface area contributed by atoms with Crippen molar-refractivity contribution >= 4 is 0 Å². The Morgan fingerprint density at radius 2 is 2.00 bits per heavy atom. The van der Waals surface area contributed by atoms with E-state index < -0.39 is 6.23 Å². The van der Waals surface area contributed by atoms with Gasteiger partial charge in [0.15, 0.2) is 11.5 Å². The van der Waals surface area contributed by atoms with Crippen molar-refractivity contribution < 1.29 is 24.4 Å². The molecule has 2 unspecified atom stereocenters. The first-order chi connectivity index (χ1) is 11.6. The third-order valence-corrected chi connectivity index (χ3v) is 6.35. The topological polar surface area (TPSA) is 71.4 Å². The Labute approximate surface area is 141 Å². The molecule has 1 aliphatic carbocycles. The fraction of sp³-hybridized carbons (Fsp3) is 0.667. The molecule has 2 bridgehead atoms. The summed E-state index contributed by atoms with van der Waals surface area (Å²) < 4.78 is 16.3. The lowest BCUT2D eigenvalue weighted by molar-refractivity contribution is -0.0643. The Morgan fingerprint density at radius 1 is 1.21 bits per heavy atom. The van der Waals surface area contributed by atoms with Crippen molar-refractivity contribution in [3.8, 4) is 17.2 Å². The lowest BCUT2D eigenvalue weighted by Gasteiger charge is -2.50. The van der Waals surface area contributed by atoms with Crippen molar-refractivity contribution in [1.29, 1.82) is 0 Å². The van der Waals surface area contributed by atoms with Gasteiger partial charge in [0, 0.05) is 36.2 Å². The van der Waals surface area contributed by atoms with Gasteiger partial charge in [-0.2, -0.15) is 0 Å². The van der Waals surface area contributed by atoms with Gasteiger partial charge in [0.1, 0.15) is 6.23 Å². The van der Waals surface area contributed by atoms with Gasteiger partial charge in [-0.3, -0.25) is 4.90 Å². The van der Waals surface area contributed by atoms with Crippen LogP contribution in [0.2, 0.25) is 0 Å². The predicted molar refractivity (Wildman–Crippen MR) is 87.6 cm³/mol. The minimum atomic E-state index is -0.734. The average Bonchev–Trinajstić information content (AvgIpc) is 2.93. The molecule has 1 saturated heterocycles. The summed E-state index contributed by atoms with van der Waals surface area (Å²) in [4.78, 5) is 2.15. The van der Waals surface area contributed by atoms with Crippen molar-refractivity contribution in [2.45, 2.75) is 49.5 Å². The van der Waals surface area contributed by atoms with Crippen LogP contribution in [0.4, 0.5) is 0 Å². The highest BCUT2D eigenvalue weighted by Crippen LogP contribution is 2.61. The van der Waals surface area contributed by atoms with Gasteiger partial charge in [-0.25, -0.2) is 0 Å². The van der Waals surface area contributed by atoms with Gasteiger partial charge in [-0.1, -0.05) is 0 Å². The van der Waals surface area contributed by atoms with Crippen LogP contribution in [0.1, 0.15) is 43.0 Å². The summed E-state index contributed by atoms with van der Waals surface area (Å²) in [5.41, 5.74) is 1.45. The molecule has 2 heterocycles. The number of aliphatic hydroxyl groups excluding tert-OH is 1. The normalized spacial score (nSPS) is 36.8. The minimum absolute atomic E-state index is 0.119. The number of aromatic hydroxyl groups is 1. The molecule has 0 spiro atoms. The number of phenolic OH excluding ortho intramolecular Hbond substituents is 1. The van der Waals surface area contributed by atoms with E-state index in [1.807, 2.05) is 6.07 Å². The zero-order chi connectivity index (χ0) is 17.1. The minimum Gasteiger partial charge on any atom is -0.504 e. The van der Waals surface area contributed by atoms with Gasteiger partial charge >= 0.3 is 0 Å². The molecule has 2 fully saturated rings. The predicted octanol–water partition coefficient (Wildman–Crippen LogP) is 1.92. The van der Waals surface area contributed by atoms with Gasteiger partial charge in [-0.15, -0.1) is 0 Å². The first-order valence-corrected chi connectivity index (χ1v) is 8.52. The number of methoxy groups -OCH3 is 3. The molecule has 1 aromatic rings. The van der Waals surface area contributed by atoms with Crippen LogP contribution >= 0.6 is 0 Å². The number of phenols is 1. The molecule has 1 aromatic carbocycles. The molecule has 1 saturated carbocycles. The first kappa shape index (κ1) is 16.0. The van der Waals surface area contributed by atoms with Crippen LogP contribution in [0, 0.1) is 0 Å². The quantitative estimate of drug-likeness (QED) is 0.879. The maximum absolute atomic E-state index is 11.0. The molecule has 2 aliphatic heterocycles. The van der Waals surface area contributed by atoms with Crippen LogP contribution in [-0.2, 0) is 10.2 Å². The zero-order valence-electron chi connectivity index (χ0n) is 14.4. The molecule has 6 heteroatoms. The summed E-state index contributed by atoms with van der Waals surface area (Å²) >= 11 is 0. The van der Waals surface area contributed by atoms with Gasteiger partial charge in [0.25, 0.3) is 0 Å². The molecule has 0 radical (unpaired) electrons. The number of benzene rings is 1. The summed E-state index contributed by atoms with van der Waals surface area (Å²) in [6, 6.07) is 2.00. The molecule has 4 rings (SSSR count). The second-order valence-corrected chi connectivity index (χ2v) is 7.09. The summed E-state index contributed by atoms with van der Waals surface area (Å²) in [7, 11) is 4.82. The number of hydrogen-bond acceptors (Lipinski definition) is 6. The molecule has 2 N–H and O–H groups in total. The number of rotatable bonds is 3. The molecule has 0 amide bonds. The van der Waals surface area contributed by atoms with E-state index in [1.165, 1.54) is 7.11 Å². The van der Waals surface area contributed by atoms with E-state index in [-0.39, 0.29) is 23.3 Å². The maximum atomic E-state index is 11.0. The van der Waals surface area contributed by atoms with Crippen LogP contribution in [-0.4, -0.2) is 55.1 Å². The second-order valence-electron chi connectivity index (χ2n) is 7.09. The number of ether oxygens (including phenoxy) is 3. The molecule has 3 aliphatic rings. The van der Waals surface area contributed by atoms with Gasteiger partial charge < -0.3 is 24.4 Å². The van der Waals surface area contributed by atoms with Gasteiger partial charge in [0.05, 0.1) is 20.3 Å². The monoisotopic (exact) mass is 335 g/mol. The van der Waals surface area contributed by atoms with E-state index in [9.17, 15) is 10.2 Å². The smallest absolute Gasteiger partial charge is 0.203 e. The zero-order valence-corrected chi connectivity index (χ0v) is 14.4. The van der Waals surface area contributed by atoms with Crippen LogP contribution < -0.4 is 9.47 Å². The Hall–Kier alpha value is -1.50. The number of nitrogens with zero attached hydrogens (tertiary/aromatic N) is 1. The highest BCUT2D eigenvalue weighted by atomic mass is 16.5. The molecule has 132 valence electrons. The Morgan fingerprint density at radius 3 is 2.67 bits per heavy atom. The van der Waals surface area contributed by atoms with Crippen molar-refractivity contribution in [1.82, 2.24) is 4.90 Å². The molecule has 24 heavy (non-hydrogen) atoms. The fourth-order valence-corrected chi connectivity index (χ4v) is 5.23. The van der Waals surface area contributed by atoms with E-state index >= 15 is 0 Å². The van der Waals surface area contributed by atoms with Crippen LogP contribution in [0.25, 0.3) is 0 Å². The molecule has 5 atom stereocenters. The lowest BCUT2D eigenvalue weighted by atomic mass is 9.62. The van der Waals surface area contributed by atoms with Crippen molar-refractivity contribution in [2.24, 2.45) is 0 Å². The highest BCUT2D eigenvalue weighted by Gasteiger charge is 2.59. The molecular formula is C18H25NO5. The molecular weight excluding hydrogens is 310 g/mol. The van der Waals surface area contributed by atoms with Crippen molar-refractivity contribution in [2.75, 3.05) is 27.9 Å². The Bertz CT molecular complexity index is 663. The molecule has 0 aromatic heterocycles. The van der Waals surface area contributed by atoms with E-state index in [0.29, 0.717) is 11.5 Å². The van der Waals surface area contributed by atoms with E-state index in [1.54, 1.807) is 14.2 Å². The third kappa shape index (κ3) is 1.87. The fourth-order valence-electron chi connectivity index (χ4n) is 5.23. The Balaban J connectivity index is 1.92. The van der Waals surface area contributed by atoms with Gasteiger partial charge in [0.2, 0.25) is 5.75 Å². The van der Waals surface area contributed by atoms with Crippen LogP contribution in [0.3, 0.4) is 0 Å². The number of aliphatic hydroxyl groups is 1. The lowest BCUT2D eigenvalue weighted by Crippen LogP contribution is -2.53. The van der Waals surface area contributed by atoms with Crippen molar-refractivity contribution in [3.05, 3.63) is 17.2 Å². The third-order valence-electron chi connectivity index (χ3n) is 6.35. The van der Waals surface area contributed by atoms with Crippen LogP contribution in [0.15, 0.2) is 6.07 Å². The summed E-state index contributed by atoms with van der Waals surface area (Å²) in [5.74, 6) is 0.924. The maximum Gasteiger partial charge on any atom is 0.203 e. The first-order valence-electron chi connectivity index (χ1n) is 8.52. The summed E-state index contributed by atoms with van der Waals surface area (Å²) in [5, 5.41) is 21.9. The second kappa shape index (κ2) is 5.51. The SMILES string of the molecule is COc1cc2c(c(O)c1OC)[C@@]13CC[C@H](OC)C[C@@H]1N(CC3)C2O. The number of fused-ring (bicyclic) bond motifs is 1. The van der Waals surface area contributed by atoms with E-state index in [2.05, 4.69) is 4.90 Å². The van der Waals surface area contributed by atoms with Crippen LogP contribution in [0.5, 0.6) is 17.2 Å². The summed E-state index contributed by atoms with van der Waals surface area (Å²) in [6.07, 6.45) is 3.18. The summed E-state index contributed by atoms with van der Waals surface area (Å²) in [6.45, 7) is 0.820. The highest BCUT2D eigenvalue weighted by molar-refractivity contribution is 5.63. The average molecular weight is 335 g/mol.